The third-order valence-corrected chi connectivity index (χ3v) is 1.71. The highest BCUT2D eigenvalue weighted by Crippen LogP contribution is 1.81. The van der Waals surface area contributed by atoms with Crippen molar-refractivity contribution in [3.05, 3.63) is 0 Å². The largest absolute Gasteiger partial charge is 0.0856 e. The van der Waals surface area contributed by atoms with E-state index in [2.05, 4.69) is 14.7 Å². The highest BCUT2D eigenvalue weighted by atomic mass is 13.6. The van der Waals surface area contributed by atoms with Crippen LogP contribution in [0.3, 0.4) is 0 Å². The minimum Gasteiger partial charge on any atom is -0.0856 e. The van der Waals surface area contributed by atoms with Crippen molar-refractivity contribution in [3.8, 4) is 0 Å². The molecule has 0 aromatic rings. The number of rotatable bonds is 6. The highest BCUT2D eigenvalue weighted by molar-refractivity contribution is 7.57. The van der Waals surface area contributed by atoms with Crippen LogP contribution < -0.4 is 0 Å². The Morgan fingerprint density at radius 3 is 2.56 bits per heavy atom. The first-order valence-corrected chi connectivity index (χ1v) is 4.41. The van der Waals surface area contributed by atoms with E-state index in [1.54, 1.807) is 0 Å². The van der Waals surface area contributed by atoms with Crippen molar-refractivity contribution >= 4 is 43.2 Å². The first-order chi connectivity index (χ1) is 4.41. The van der Waals surface area contributed by atoms with Crippen LogP contribution >= 0.6 is 0 Å². The van der Waals surface area contributed by atoms with Gasteiger partial charge in [0.25, 0.3) is 0 Å². The first-order valence-electron chi connectivity index (χ1n) is 4.41. The lowest BCUT2D eigenvalue weighted by Gasteiger charge is -1.88. The third-order valence-electron chi connectivity index (χ3n) is 1.71. The summed E-state index contributed by atoms with van der Waals surface area (Å²) in [6, 6.07) is 0. The van der Waals surface area contributed by atoms with Gasteiger partial charge in [-0.1, -0.05) is 19.7 Å². The second-order valence-corrected chi connectivity index (χ2v) is 2.77. The Morgan fingerprint density at radius 2 is 2.00 bits per heavy atom. The Kier molecular flexibility index (Phi) is 8.75. The van der Waals surface area contributed by atoms with Crippen LogP contribution in [-0.2, 0) is 0 Å². The smallest absolute Gasteiger partial charge is 0.0776 e. The molecule has 0 nitrogen and oxygen atoms in total. The Bertz CT molecular complexity index is 41.6. The average Bonchev–Trinajstić information content (AvgIpc) is 1.89. The van der Waals surface area contributed by atoms with Crippen LogP contribution in [0.15, 0.2) is 0 Å². The number of hydrogen-bond acceptors (Lipinski definition) is 0. The van der Waals surface area contributed by atoms with Crippen molar-refractivity contribution in [1.82, 2.24) is 0 Å². The van der Waals surface area contributed by atoms with Crippen molar-refractivity contribution in [2.45, 2.75) is 19.7 Å². The van der Waals surface area contributed by atoms with E-state index >= 15 is 0 Å². The summed E-state index contributed by atoms with van der Waals surface area (Å²) >= 11 is 0. The topological polar surface area (TPSA) is 0 Å². The number of hydrogen-bond donors (Lipinski definition) is 0. The molecule has 0 spiro atoms. The molecule has 0 saturated carbocycles. The molecule has 0 saturated heterocycles. The molecule has 0 rings (SSSR count). The van der Waals surface area contributed by atoms with Gasteiger partial charge in [-0.25, -0.2) is 0 Å². The van der Waals surface area contributed by atoms with Crippen LogP contribution in [0.4, 0.5) is 0 Å². The van der Waals surface area contributed by atoms with Gasteiger partial charge in [-0.15, -0.1) is 0 Å². The molecule has 0 aromatic carbocycles. The molecule has 0 radical (unpaired) electrons. The fourth-order valence-electron chi connectivity index (χ4n) is 1.03. The summed E-state index contributed by atoms with van der Waals surface area (Å²) in [7, 11) is 9.43. The van der Waals surface area contributed by atoms with Crippen LogP contribution in [0.2, 0.25) is 6.32 Å². The summed E-state index contributed by atoms with van der Waals surface area (Å²) in [5, 5.41) is 0. The van der Waals surface area contributed by atoms with Crippen molar-refractivity contribution in [2.75, 3.05) is 0 Å². The fraction of sp³-hybridized carbons (Fsp3) is 1.00. The molecule has 0 aliphatic rings. The zero-order valence-corrected chi connectivity index (χ0v) is 6.95. The van der Waals surface area contributed by atoms with Crippen molar-refractivity contribution in [3.63, 3.8) is 0 Å². The summed E-state index contributed by atoms with van der Waals surface area (Å²) < 4.78 is 0. The van der Waals surface area contributed by atoms with E-state index in [0.717, 1.165) is 0 Å². The van der Waals surface area contributed by atoms with Gasteiger partial charge in [0.05, 0.1) is 14.9 Å². The zero-order chi connectivity index (χ0) is 6.95. The van der Waals surface area contributed by atoms with Gasteiger partial charge in [0.15, 0.2) is 0 Å². The highest BCUT2D eigenvalue weighted by Gasteiger charge is 1.93. The van der Waals surface area contributed by atoms with E-state index in [-0.39, 0.29) is 0 Å². The lowest BCUT2D eigenvalue weighted by atomic mass is 8.98. The third kappa shape index (κ3) is 8.39. The molecule has 0 bridgehead atoms. The van der Waals surface area contributed by atoms with Crippen molar-refractivity contribution in [2.24, 2.45) is 0 Å². The molecule has 0 aromatic heterocycles. The second-order valence-electron chi connectivity index (χ2n) is 2.77. The molecule has 0 atom stereocenters. The monoisotopic (exact) mass is 116 g/mol. The quantitative estimate of drug-likeness (QED) is 0.259. The molecule has 9 heavy (non-hydrogen) atoms. The van der Waals surface area contributed by atoms with Gasteiger partial charge in [0.2, 0.25) is 0 Å². The molecule has 0 heterocycles. The standard InChI is InChI=1S/C3H14B6/c1-2-3-5-7-9-8-6-4/h5-9H,2-4H2,1H3. The van der Waals surface area contributed by atoms with Crippen LogP contribution in [0, 0.1) is 0 Å². The maximum absolute atomic E-state index is 2.26. The van der Waals surface area contributed by atoms with Gasteiger partial charge >= 0.3 is 0 Å². The van der Waals surface area contributed by atoms with Crippen molar-refractivity contribution < 1.29 is 0 Å². The Labute approximate surface area is 63.5 Å². The zero-order valence-electron chi connectivity index (χ0n) is 6.95. The Balaban J connectivity index is 2.60. The van der Waals surface area contributed by atoms with Crippen LogP contribution in [-0.4, -0.2) is 43.2 Å². The average molecular weight is 115 g/mol. The minimum absolute atomic E-state index is 1.37. The van der Waals surface area contributed by atoms with E-state index in [1.165, 1.54) is 48.2 Å². The summed E-state index contributed by atoms with van der Waals surface area (Å²) in [5.41, 5.74) is 0. The van der Waals surface area contributed by atoms with Gasteiger partial charge in [0, 0.05) is 28.2 Å². The molecule has 44 valence electrons. The van der Waals surface area contributed by atoms with Crippen LogP contribution in [0.1, 0.15) is 13.3 Å². The van der Waals surface area contributed by atoms with Crippen molar-refractivity contribution in [1.29, 1.82) is 0 Å². The van der Waals surface area contributed by atoms with Gasteiger partial charge < -0.3 is 0 Å². The van der Waals surface area contributed by atoms with Crippen LogP contribution in [0.25, 0.3) is 0 Å². The molecule has 0 aliphatic carbocycles. The van der Waals surface area contributed by atoms with Gasteiger partial charge in [-0.2, -0.15) is 0 Å². The molecule has 0 amide bonds. The SMILES string of the molecule is BBBBBBCCC. The maximum atomic E-state index is 2.26. The molecular weight excluding hydrogens is 101 g/mol. The van der Waals surface area contributed by atoms with E-state index in [0.29, 0.717) is 0 Å². The Hall–Kier alpha value is 0.390. The summed E-state index contributed by atoms with van der Waals surface area (Å²) in [5.74, 6) is 0. The predicted octanol–water partition coefficient (Wildman–Crippen LogP) is -2.79. The lowest BCUT2D eigenvalue weighted by molar-refractivity contribution is 1.08. The molecule has 0 aliphatic heterocycles. The fourth-order valence-corrected chi connectivity index (χ4v) is 1.03. The van der Waals surface area contributed by atoms with Gasteiger partial charge in [-0.05, 0) is 0 Å². The molecular formula is C3H14B6. The summed E-state index contributed by atoms with van der Waals surface area (Å²) in [4.78, 5) is 0. The maximum Gasteiger partial charge on any atom is 0.0776 e. The van der Waals surface area contributed by atoms with E-state index in [9.17, 15) is 0 Å². The minimum atomic E-state index is 1.37. The van der Waals surface area contributed by atoms with E-state index < -0.39 is 0 Å². The van der Waals surface area contributed by atoms with Crippen LogP contribution in [0.5, 0.6) is 0 Å². The van der Waals surface area contributed by atoms with E-state index in [1.807, 2.05) is 0 Å². The summed E-state index contributed by atoms with van der Waals surface area (Å²) in [6.45, 7) is 2.26. The normalized spacial score (nSPS) is 7.67. The van der Waals surface area contributed by atoms with E-state index in [4.69, 9.17) is 0 Å². The second kappa shape index (κ2) is 8.39. The lowest BCUT2D eigenvalue weighted by Crippen LogP contribution is -2.22. The molecule has 0 N–H and O–H groups in total. The summed E-state index contributed by atoms with van der Waals surface area (Å²) in [6.07, 6.45) is 2.80. The van der Waals surface area contributed by atoms with Gasteiger partial charge in [-0.3, -0.25) is 0 Å². The first kappa shape index (κ1) is 9.39. The molecule has 0 fully saturated rings. The van der Waals surface area contributed by atoms with Gasteiger partial charge in [0.1, 0.15) is 0 Å². The molecule has 6 heteroatoms. The molecule has 0 unspecified atom stereocenters. The Morgan fingerprint density at radius 1 is 1.22 bits per heavy atom. The predicted molar refractivity (Wildman–Crippen MR) is 59.4 cm³/mol.